The topological polar surface area (TPSA) is 91.3 Å². The summed E-state index contributed by atoms with van der Waals surface area (Å²) in [7, 11) is 0. The lowest BCUT2D eigenvalue weighted by molar-refractivity contribution is 0.0697. The zero-order valence-electron chi connectivity index (χ0n) is 10.2. The average molecular weight is 246 g/mol. The molecule has 1 aliphatic rings. The van der Waals surface area contributed by atoms with Gasteiger partial charge in [0.1, 0.15) is 12.0 Å². The van der Waals surface area contributed by atoms with Crippen molar-refractivity contribution in [1.82, 2.24) is 0 Å². The second-order valence-corrected chi connectivity index (χ2v) is 4.43. The smallest absolute Gasteiger partial charge is 0.335 e. The van der Waals surface area contributed by atoms with E-state index in [1.54, 1.807) is 30.6 Å². The molecule has 0 spiro atoms. The first-order chi connectivity index (χ1) is 8.40. The summed E-state index contributed by atoms with van der Waals surface area (Å²) in [5.74, 6) is -0.714. The van der Waals surface area contributed by atoms with E-state index in [-0.39, 0.29) is 11.5 Å². The van der Waals surface area contributed by atoms with Gasteiger partial charge in [-0.2, -0.15) is 0 Å². The molecule has 6 nitrogen and oxygen atoms in total. The number of benzene rings is 1. The van der Waals surface area contributed by atoms with Gasteiger partial charge in [-0.1, -0.05) is 0 Å². The number of nitrogens with zero attached hydrogens (tertiary/aromatic N) is 3. The summed E-state index contributed by atoms with van der Waals surface area (Å²) in [6.07, 6.45) is 1.60. The van der Waals surface area contributed by atoms with Crippen molar-refractivity contribution in [2.75, 3.05) is 4.90 Å². The fourth-order valence-electron chi connectivity index (χ4n) is 1.77. The van der Waals surface area contributed by atoms with Crippen LogP contribution in [0.1, 0.15) is 24.2 Å². The molecule has 0 radical (unpaired) electrons. The molecule has 0 unspecified atom stereocenters. The van der Waals surface area contributed by atoms with E-state index in [4.69, 9.17) is 10.8 Å². The number of carboxylic acids is 1. The molecule has 0 saturated carbocycles. The summed E-state index contributed by atoms with van der Waals surface area (Å²) < 4.78 is 0. The van der Waals surface area contributed by atoms with Gasteiger partial charge >= 0.3 is 5.97 Å². The number of hydrogen-bond donors (Lipinski definition) is 2. The molecular weight excluding hydrogens is 232 g/mol. The molecule has 18 heavy (non-hydrogen) atoms. The first kappa shape index (κ1) is 12.1. The quantitative estimate of drug-likeness (QED) is 0.822. The predicted octanol–water partition coefficient (Wildman–Crippen LogP) is 1.28. The molecule has 0 atom stereocenters. The summed E-state index contributed by atoms with van der Waals surface area (Å²) in [5.41, 5.74) is 6.07. The molecule has 0 bridgehead atoms. The summed E-state index contributed by atoms with van der Waals surface area (Å²) >= 11 is 0. The summed E-state index contributed by atoms with van der Waals surface area (Å²) in [6.45, 7) is 3.80. The van der Waals surface area contributed by atoms with Crippen LogP contribution in [0, 0.1) is 0 Å². The van der Waals surface area contributed by atoms with Gasteiger partial charge in [0.2, 0.25) is 5.96 Å². The number of aromatic carboxylic acids is 1. The summed E-state index contributed by atoms with van der Waals surface area (Å²) in [4.78, 5) is 20.8. The largest absolute Gasteiger partial charge is 0.478 e. The summed E-state index contributed by atoms with van der Waals surface area (Å²) in [6, 6.07) is 6.52. The van der Waals surface area contributed by atoms with Crippen LogP contribution >= 0.6 is 0 Å². The molecule has 1 heterocycles. The molecule has 2 rings (SSSR count). The zero-order chi connectivity index (χ0) is 13.3. The Kier molecular flexibility index (Phi) is 2.78. The van der Waals surface area contributed by atoms with Crippen LogP contribution in [0.4, 0.5) is 5.69 Å². The van der Waals surface area contributed by atoms with Gasteiger partial charge in [0, 0.05) is 5.69 Å². The van der Waals surface area contributed by atoms with E-state index in [9.17, 15) is 4.79 Å². The van der Waals surface area contributed by atoms with Crippen LogP contribution in [0.25, 0.3) is 0 Å². The van der Waals surface area contributed by atoms with Gasteiger partial charge < -0.3 is 15.7 Å². The highest BCUT2D eigenvalue weighted by Crippen LogP contribution is 2.25. The van der Waals surface area contributed by atoms with Crippen LogP contribution in [0.2, 0.25) is 0 Å². The van der Waals surface area contributed by atoms with E-state index >= 15 is 0 Å². The Balaban J connectivity index is 2.33. The van der Waals surface area contributed by atoms with Gasteiger partial charge in [-0.15, -0.1) is 0 Å². The van der Waals surface area contributed by atoms with Crippen LogP contribution < -0.4 is 10.6 Å². The Labute approximate surface area is 104 Å². The molecule has 0 amide bonds. The molecule has 3 N–H and O–H groups in total. The molecule has 1 aromatic carbocycles. The highest BCUT2D eigenvalue weighted by atomic mass is 16.4. The van der Waals surface area contributed by atoms with Crippen molar-refractivity contribution in [3.63, 3.8) is 0 Å². The van der Waals surface area contributed by atoms with Gasteiger partial charge in [-0.25, -0.2) is 14.8 Å². The third kappa shape index (κ3) is 2.17. The average Bonchev–Trinajstić information content (AvgIpc) is 2.28. The van der Waals surface area contributed by atoms with Crippen molar-refractivity contribution in [3.8, 4) is 0 Å². The zero-order valence-corrected chi connectivity index (χ0v) is 10.2. The molecule has 0 aliphatic carbocycles. The lowest BCUT2D eigenvalue weighted by Crippen LogP contribution is -2.46. The Hall–Kier alpha value is -2.37. The van der Waals surface area contributed by atoms with Crippen molar-refractivity contribution in [1.29, 1.82) is 0 Å². The minimum absolute atomic E-state index is 0.235. The van der Waals surface area contributed by atoms with E-state index in [0.29, 0.717) is 0 Å². The van der Waals surface area contributed by atoms with E-state index in [2.05, 4.69) is 9.98 Å². The van der Waals surface area contributed by atoms with Crippen LogP contribution in [0.15, 0.2) is 34.3 Å². The van der Waals surface area contributed by atoms with E-state index in [0.717, 1.165) is 5.69 Å². The lowest BCUT2D eigenvalue weighted by Gasteiger charge is -2.35. The number of rotatable bonds is 2. The van der Waals surface area contributed by atoms with Crippen LogP contribution in [-0.4, -0.2) is 29.0 Å². The lowest BCUT2D eigenvalue weighted by atomic mass is 10.1. The van der Waals surface area contributed by atoms with Gasteiger partial charge in [0.05, 0.1) is 5.56 Å². The predicted molar refractivity (Wildman–Crippen MR) is 70.1 cm³/mol. The number of hydrogen-bond acceptors (Lipinski definition) is 5. The molecule has 1 aliphatic heterocycles. The Morgan fingerprint density at radius 3 is 2.44 bits per heavy atom. The standard InChI is InChI=1S/C12H14N4O2/c1-12(2)15-11(13)14-7-16(12)9-5-3-8(4-6-9)10(17)18/h3-7H,1-2H3,(H2,13,15)(H,17,18). The maximum absolute atomic E-state index is 10.8. The molecule has 1 aromatic rings. The Morgan fingerprint density at radius 2 is 1.94 bits per heavy atom. The van der Waals surface area contributed by atoms with Crippen molar-refractivity contribution >= 4 is 24.0 Å². The number of nitrogens with two attached hydrogens (primary N) is 1. The second kappa shape index (κ2) is 4.14. The van der Waals surface area contributed by atoms with E-state index in [1.165, 1.54) is 0 Å². The summed E-state index contributed by atoms with van der Waals surface area (Å²) in [5, 5.41) is 8.85. The van der Waals surface area contributed by atoms with Gasteiger partial charge in [-0.05, 0) is 38.1 Å². The van der Waals surface area contributed by atoms with E-state index in [1.807, 2.05) is 18.7 Å². The van der Waals surface area contributed by atoms with Crippen molar-refractivity contribution < 1.29 is 9.90 Å². The van der Waals surface area contributed by atoms with Crippen LogP contribution in [0.5, 0.6) is 0 Å². The normalized spacial score (nSPS) is 17.4. The van der Waals surface area contributed by atoms with Gasteiger partial charge in [0.25, 0.3) is 0 Å². The number of carboxylic acid groups (broad SMARTS) is 1. The molecule has 94 valence electrons. The monoisotopic (exact) mass is 246 g/mol. The fourth-order valence-corrected chi connectivity index (χ4v) is 1.77. The molecule has 0 aromatic heterocycles. The Bertz CT molecular complexity index is 532. The highest BCUT2D eigenvalue weighted by molar-refractivity contribution is 5.96. The number of anilines is 1. The fraction of sp³-hybridized carbons (Fsp3) is 0.250. The highest BCUT2D eigenvalue weighted by Gasteiger charge is 2.28. The molecule has 0 fully saturated rings. The maximum atomic E-state index is 10.8. The number of guanidine groups is 1. The molecular formula is C12H14N4O2. The van der Waals surface area contributed by atoms with Crippen LogP contribution in [0.3, 0.4) is 0 Å². The third-order valence-corrected chi connectivity index (χ3v) is 2.68. The minimum Gasteiger partial charge on any atom is -0.478 e. The van der Waals surface area contributed by atoms with Gasteiger partial charge in [-0.3, -0.25) is 0 Å². The van der Waals surface area contributed by atoms with Crippen molar-refractivity contribution in [2.24, 2.45) is 15.7 Å². The Morgan fingerprint density at radius 1 is 1.33 bits per heavy atom. The number of aliphatic imine (C=N–C) groups is 2. The van der Waals surface area contributed by atoms with Crippen molar-refractivity contribution in [2.45, 2.75) is 19.5 Å². The number of carbonyl (C=O) groups is 1. The first-order valence-corrected chi connectivity index (χ1v) is 5.42. The SMILES string of the molecule is CC1(C)N=C(N)N=CN1c1ccc(C(=O)O)cc1. The maximum Gasteiger partial charge on any atom is 0.335 e. The first-order valence-electron chi connectivity index (χ1n) is 5.42. The van der Waals surface area contributed by atoms with Crippen LogP contribution in [-0.2, 0) is 0 Å². The van der Waals surface area contributed by atoms with Crippen molar-refractivity contribution in [3.05, 3.63) is 29.8 Å². The second-order valence-electron chi connectivity index (χ2n) is 4.43. The molecule has 6 heteroatoms. The van der Waals surface area contributed by atoms with Gasteiger partial charge in [0.15, 0.2) is 0 Å². The van der Waals surface area contributed by atoms with E-state index < -0.39 is 11.6 Å². The minimum atomic E-state index is -0.949. The molecule has 0 saturated heterocycles. The third-order valence-electron chi connectivity index (χ3n) is 2.68.